The van der Waals surface area contributed by atoms with Gasteiger partial charge in [-0.15, -0.1) is 0 Å². The molecule has 1 fully saturated rings. The predicted molar refractivity (Wildman–Crippen MR) is 107 cm³/mol. The first-order valence-electron chi connectivity index (χ1n) is 9.50. The molecule has 2 aromatic carbocycles. The Balaban J connectivity index is 1.67. The van der Waals surface area contributed by atoms with Crippen molar-refractivity contribution in [3.8, 4) is 16.9 Å². The molecule has 0 aromatic heterocycles. The van der Waals surface area contributed by atoms with Crippen LogP contribution in [0.25, 0.3) is 11.1 Å². The van der Waals surface area contributed by atoms with Gasteiger partial charge in [0.05, 0.1) is 6.61 Å². The molecule has 138 valence electrons. The third-order valence-electron chi connectivity index (χ3n) is 5.23. The normalized spacial score (nSPS) is 20.4. The Morgan fingerprint density at radius 1 is 1.04 bits per heavy atom. The SMILES string of the molecule is CCCOc1ccc(-c2ccc([C@H]3CC[C@H](/C=C/Cl)CC3)cc2)cc1F. The molecule has 3 heteroatoms. The van der Waals surface area contributed by atoms with E-state index in [0.717, 1.165) is 17.5 Å². The van der Waals surface area contributed by atoms with Crippen LogP contribution in [0.1, 0.15) is 50.5 Å². The summed E-state index contributed by atoms with van der Waals surface area (Å²) in [5.41, 5.74) is 4.95. The van der Waals surface area contributed by atoms with Gasteiger partial charge in [0.15, 0.2) is 11.6 Å². The van der Waals surface area contributed by atoms with Crippen LogP contribution in [0.2, 0.25) is 0 Å². The molecule has 1 aliphatic rings. The first-order chi connectivity index (χ1) is 12.7. The molecule has 1 nitrogen and oxygen atoms in total. The maximum Gasteiger partial charge on any atom is 0.165 e. The number of halogens is 2. The highest BCUT2D eigenvalue weighted by Crippen LogP contribution is 2.37. The van der Waals surface area contributed by atoms with Gasteiger partial charge in [0.1, 0.15) is 0 Å². The van der Waals surface area contributed by atoms with Crippen LogP contribution in [-0.2, 0) is 0 Å². The van der Waals surface area contributed by atoms with Gasteiger partial charge in [-0.25, -0.2) is 4.39 Å². The van der Waals surface area contributed by atoms with E-state index < -0.39 is 0 Å². The monoisotopic (exact) mass is 372 g/mol. The highest BCUT2D eigenvalue weighted by molar-refractivity contribution is 6.25. The second-order valence-corrected chi connectivity index (χ2v) is 7.30. The zero-order chi connectivity index (χ0) is 18.4. The molecule has 0 atom stereocenters. The van der Waals surface area contributed by atoms with E-state index in [4.69, 9.17) is 16.3 Å². The number of rotatable bonds is 6. The van der Waals surface area contributed by atoms with Gasteiger partial charge in [0, 0.05) is 5.54 Å². The van der Waals surface area contributed by atoms with E-state index >= 15 is 0 Å². The number of ether oxygens (including phenoxy) is 1. The molecule has 0 unspecified atom stereocenters. The second-order valence-electron chi connectivity index (χ2n) is 7.05. The summed E-state index contributed by atoms with van der Waals surface area (Å²) in [7, 11) is 0. The van der Waals surface area contributed by atoms with E-state index in [0.29, 0.717) is 24.2 Å². The maximum atomic E-state index is 14.2. The molecule has 0 amide bonds. The van der Waals surface area contributed by atoms with Crippen LogP contribution in [0.3, 0.4) is 0 Å². The first-order valence-corrected chi connectivity index (χ1v) is 9.94. The van der Waals surface area contributed by atoms with Crippen molar-refractivity contribution in [2.75, 3.05) is 6.61 Å². The molecule has 0 spiro atoms. The summed E-state index contributed by atoms with van der Waals surface area (Å²) in [5, 5.41) is 0. The lowest BCUT2D eigenvalue weighted by molar-refractivity contribution is 0.301. The van der Waals surface area contributed by atoms with E-state index in [2.05, 4.69) is 30.3 Å². The Bertz CT molecular complexity index is 730. The highest BCUT2D eigenvalue weighted by Gasteiger charge is 2.20. The third-order valence-corrected chi connectivity index (χ3v) is 5.37. The van der Waals surface area contributed by atoms with Crippen molar-refractivity contribution >= 4 is 11.6 Å². The molecule has 0 heterocycles. The van der Waals surface area contributed by atoms with Gasteiger partial charge in [0.25, 0.3) is 0 Å². The summed E-state index contributed by atoms with van der Waals surface area (Å²) in [5.74, 6) is 1.27. The second kappa shape index (κ2) is 9.23. The van der Waals surface area contributed by atoms with E-state index in [-0.39, 0.29) is 5.82 Å². The minimum atomic E-state index is -0.300. The van der Waals surface area contributed by atoms with E-state index in [1.54, 1.807) is 17.7 Å². The fourth-order valence-corrected chi connectivity index (χ4v) is 3.91. The molecule has 26 heavy (non-hydrogen) atoms. The Labute approximate surface area is 160 Å². The fourth-order valence-electron chi connectivity index (χ4n) is 3.71. The number of allylic oxidation sites excluding steroid dienone is 1. The summed E-state index contributed by atoms with van der Waals surface area (Å²) in [6.07, 6.45) is 7.77. The van der Waals surface area contributed by atoms with Crippen molar-refractivity contribution in [1.82, 2.24) is 0 Å². The minimum absolute atomic E-state index is 0.300. The molecule has 1 saturated carbocycles. The zero-order valence-electron chi connectivity index (χ0n) is 15.3. The summed E-state index contributed by atoms with van der Waals surface area (Å²) in [6, 6.07) is 13.8. The topological polar surface area (TPSA) is 9.23 Å². The van der Waals surface area contributed by atoms with E-state index in [9.17, 15) is 4.39 Å². The molecule has 0 N–H and O–H groups in total. The van der Waals surface area contributed by atoms with Gasteiger partial charge in [-0.1, -0.05) is 54.9 Å². The number of benzene rings is 2. The van der Waals surface area contributed by atoms with E-state index in [1.165, 1.54) is 31.2 Å². The van der Waals surface area contributed by atoms with Crippen molar-refractivity contribution in [2.45, 2.75) is 44.9 Å². The Hall–Kier alpha value is -1.80. The Morgan fingerprint density at radius 2 is 1.73 bits per heavy atom. The maximum absolute atomic E-state index is 14.2. The van der Waals surface area contributed by atoms with Crippen LogP contribution in [0.4, 0.5) is 4.39 Å². The molecule has 0 aliphatic heterocycles. The van der Waals surface area contributed by atoms with Crippen LogP contribution in [0.15, 0.2) is 54.1 Å². The minimum Gasteiger partial charge on any atom is -0.491 e. The summed E-state index contributed by atoms with van der Waals surface area (Å²) in [6.45, 7) is 2.54. The largest absolute Gasteiger partial charge is 0.491 e. The van der Waals surface area contributed by atoms with Crippen molar-refractivity contribution < 1.29 is 9.13 Å². The van der Waals surface area contributed by atoms with Gasteiger partial charge in [-0.05, 0) is 72.8 Å². The number of hydrogen-bond donors (Lipinski definition) is 0. The van der Waals surface area contributed by atoms with Gasteiger partial charge in [-0.3, -0.25) is 0 Å². The lowest BCUT2D eigenvalue weighted by atomic mass is 9.78. The number of hydrogen-bond acceptors (Lipinski definition) is 1. The van der Waals surface area contributed by atoms with Gasteiger partial charge < -0.3 is 4.74 Å². The summed E-state index contributed by atoms with van der Waals surface area (Å²) in [4.78, 5) is 0. The summed E-state index contributed by atoms with van der Waals surface area (Å²) < 4.78 is 19.6. The molecule has 1 aliphatic carbocycles. The van der Waals surface area contributed by atoms with Crippen LogP contribution >= 0.6 is 11.6 Å². The molecular formula is C23H26ClFO. The van der Waals surface area contributed by atoms with Crippen LogP contribution in [0.5, 0.6) is 5.75 Å². The Kier molecular flexibility index (Phi) is 6.73. The van der Waals surface area contributed by atoms with Crippen LogP contribution < -0.4 is 4.74 Å². The van der Waals surface area contributed by atoms with Crippen LogP contribution in [-0.4, -0.2) is 6.61 Å². The van der Waals surface area contributed by atoms with Crippen LogP contribution in [0, 0.1) is 11.7 Å². The van der Waals surface area contributed by atoms with Crippen molar-refractivity contribution in [3.05, 3.63) is 65.5 Å². The quantitative estimate of drug-likeness (QED) is 0.516. The standard InChI is InChI=1S/C23H26ClFO/c1-2-15-26-23-12-11-21(16-22(23)25)20-9-7-19(8-10-20)18-5-3-17(4-6-18)13-14-24/h7-14,16-18H,2-6,15H2,1H3/b14-13+/t17-,18-. The molecule has 3 rings (SSSR count). The third kappa shape index (κ3) is 4.67. The molecule has 0 bridgehead atoms. The molecular weight excluding hydrogens is 347 g/mol. The van der Waals surface area contributed by atoms with Gasteiger partial charge >= 0.3 is 0 Å². The predicted octanol–water partition coefficient (Wildman–Crippen LogP) is 7.31. The smallest absolute Gasteiger partial charge is 0.165 e. The highest BCUT2D eigenvalue weighted by atomic mass is 35.5. The van der Waals surface area contributed by atoms with Crippen molar-refractivity contribution in [3.63, 3.8) is 0 Å². The average molecular weight is 373 g/mol. The van der Waals surface area contributed by atoms with E-state index in [1.807, 2.05) is 13.0 Å². The fraction of sp³-hybridized carbons (Fsp3) is 0.391. The van der Waals surface area contributed by atoms with Gasteiger partial charge in [-0.2, -0.15) is 0 Å². The summed E-state index contributed by atoms with van der Waals surface area (Å²) >= 11 is 5.69. The molecule has 0 saturated heterocycles. The average Bonchev–Trinajstić information content (AvgIpc) is 2.68. The van der Waals surface area contributed by atoms with Crippen molar-refractivity contribution in [2.24, 2.45) is 5.92 Å². The van der Waals surface area contributed by atoms with Crippen molar-refractivity contribution in [1.29, 1.82) is 0 Å². The lowest BCUT2D eigenvalue weighted by Gasteiger charge is -2.27. The zero-order valence-corrected chi connectivity index (χ0v) is 16.0. The first kappa shape index (κ1) is 19.0. The lowest BCUT2D eigenvalue weighted by Crippen LogP contribution is -2.11. The Morgan fingerprint density at radius 3 is 2.35 bits per heavy atom. The van der Waals surface area contributed by atoms with Gasteiger partial charge in [0.2, 0.25) is 0 Å². The molecule has 2 aromatic rings. The molecule has 0 radical (unpaired) electrons.